The van der Waals surface area contributed by atoms with Gasteiger partial charge in [0.1, 0.15) is 11.9 Å². The molecule has 0 saturated carbocycles. The van der Waals surface area contributed by atoms with E-state index >= 15 is 0 Å². The van der Waals surface area contributed by atoms with Crippen LogP contribution in [0.2, 0.25) is 0 Å². The van der Waals surface area contributed by atoms with Crippen molar-refractivity contribution < 1.29 is 19.3 Å². The lowest BCUT2D eigenvalue weighted by atomic mass is 9.92. The van der Waals surface area contributed by atoms with E-state index in [4.69, 9.17) is 4.74 Å². The monoisotopic (exact) mass is 412 g/mol. The smallest absolute Gasteiger partial charge is 0.123 e. The molecule has 1 fully saturated rings. The molecule has 3 nitrogen and oxygen atoms in total. The van der Waals surface area contributed by atoms with Crippen molar-refractivity contribution >= 4 is 11.3 Å². The molecule has 0 radical (unpaired) electrons. The molecule has 0 bridgehead atoms. The van der Waals surface area contributed by atoms with Crippen LogP contribution in [0.15, 0.2) is 54.6 Å². The Kier molecular flexibility index (Phi) is 6.11. The molecule has 3 atom stereocenters. The maximum Gasteiger partial charge on any atom is 0.123 e. The minimum atomic E-state index is -0.555. The highest BCUT2D eigenvalue weighted by Crippen LogP contribution is 2.34. The Morgan fingerprint density at radius 3 is 2.62 bits per heavy atom. The van der Waals surface area contributed by atoms with Gasteiger partial charge in [-0.05, 0) is 66.3 Å². The summed E-state index contributed by atoms with van der Waals surface area (Å²) in [5.41, 5.74) is 4.35. The first-order valence-corrected chi connectivity index (χ1v) is 10.7. The minimum absolute atomic E-state index is 0.0245. The van der Waals surface area contributed by atoms with Gasteiger partial charge in [0.25, 0.3) is 0 Å². The Labute approximate surface area is 174 Å². The summed E-state index contributed by atoms with van der Waals surface area (Å²) < 4.78 is 19.1. The van der Waals surface area contributed by atoms with E-state index in [9.17, 15) is 14.6 Å². The van der Waals surface area contributed by atoms with E-state index in [1.807, 2.05) is 6.07 Å². The van der Waals surface area contributed by atoms with Crippen LogP contribution in [-0.4, -0.2) is 29.0 Å². The van der Waals surface area contributed by atoms with Crippen LogP contribution in [0.3, 0.4) is 0 Å². The van der Waals surface area contributed by atoms with Gasteiger partial charge >= 0.3 is 0 Å². The number of aliphatic hydroxyl groups is 2. The predicted octanol–water partition coefficient (Wildman–Crippen LogP) is 5.03. The lowest BCUT2D eigenvalue weighted by Crippen LogP contribution is -2.34. The number of thiophene rings is 1. The van der Waals surface area contributed by atoms with Crippen LogP contribution in [0.25, 0.3) is 10.4 Å². The van der Waals surface area contributed by atoms with Crippen molar-refractivity contribution in [2.75, 3.05) is 6.61 Å². The number of aliphatic hydroxyl groups excluding tert-OH is 2. The van der Waals surface area contributed by atoms with E-state index in [0.717, 1.165) is 22.4 Å². The SMILES string of the molecule is Cc1ccc(C2OC(CO)CCC2O)cc1Cc1ccc(-c2ccc(F)cc2)s1. The van der Waals surface area contributed by atoms with Crippen molar-refractivity contribution in [3.8, 4) is 10.4 Å². The summed E-state index contributed by atoms with van der Waals surface area (Å²) in [6, 6.07) is 16.9. The highest BCUT2D eigenvalue weighted by atomic mass is 32.1. The molecule has 152 valence electrons. The van der Waals surface area contributed by atoms with Gasteiger partial charge in [-0.15, -0.1) is 11.3 Å². The van der Waals surface area contributed by atoms with E-state index in [1.54, 1.807) is 23.5 Å². The van der Waals surface area contributed by atoms with Crippen LogP contribution < -0.4 is 0 Å². The molecule has 3 aromatic rings. The zero-order valence-corrected chi connectivity index (χ0v) is 17.2. The Hall–Kier alpha value is -2.05. The van der Waals surface area contributed by atoms with Crippen molar-refractivity contribution in [2.24, 2.45) is 0 Å². The van der Waals surface area contributed by atoms with Crippen LogP contribution >= 0.6 is 11.3 Å². The van der Waals surface area contributed by atoms with Crippen molar-refractivity contribution in [3.63, 3.8) is 0 Å². The topological polar surface area (TPSA) is 49.7 Å². The highest BCUT2D eigenvalue weighted by molar-refractivity contribution is 7.15. The summed E-state index contributed by atoms with van der Waals surface area (Å²) in [7, 11) is 0. The first-order valence-electron chi connectivity index (χ1n) is 9.92. The van der Waals surface area contributed by atoms with Gasteiger partial charge in [-0.25, -0.2) is 4.39 Å². The quantitative estimate of drug-likeness (QED) is 0.618. The number of benzene rings is 2. The molecule has 0 aliphatic carbocycles. The second-order valence-corrected chi connectivity index (χ2v) is 8.81. The molecule has 0 amide bonds. The van der Waals surface area contributed by atoms with Crippen molar-refractivity contribution in [1.29, 1.82) is 0 Å². The molecular formula is C24H25FO3S. The lowest BCUT2D eigenvalue weighted by Gasteiger charge is -2.33. The molecule has 1 aliphatic rings. The van der Waals surface area contributed by atoms with Crippen molar-refractivity contribution in [1.82, 2.24) is 0 Å². The van der Waals surface area contributed by atoms with Gasteiger partial charge in [-0.1, -0.05) is 30.3 Å². The van der Waals surface area contributed by atoms with Crippen molar-refractivity contribution in [3.05, 3.63) is 82.0 Å². The first-order chi connectivity index (χ1) is 14.0. The molecular weight excluding hydrogens is 387 g/mol. The third kappa shape index (κ3) is 4.59. The Morgan fingerprint density at radius 1 is 1.07 bits per heavy atom. The fourth-order valence-corrected chi connectivity index (χ4v) is 4.83. The Bertz CT molecular complexity index is 967. The number of hydrogen-bond acceptors (Lipinski definition) is 4. The average molecular weight is 413 g/mol. The fraction of sp³-hybridized carbons (Fsp3) is 0.333. The zero-order valence-electron chi connectivity index (χ0n) is 16.3. The van der Waals surface area contributed by atoms with Gasteiger partial charge in [0.2, 0.25) is 0 Å². The molecule has 2 N–H and O–H groups in total. The Balaban J connectivity index is 1.55. The number of rotatable bonds is 5. The average Bonchev–Trinajstić information content (AvgIpc) is 3.19. The maximum atomic E-state index is 13.2. The summed E-state index contributed by atoms with van der Waals surface area (Å²) in [6.45, 7) is 2.06. The van der Waals surface area contributed by atoms with E-state index in [0.29, 0.717) is 12.8 Å². The van der Waals surface area contributed by atoms with Crippen LogP contribution in [0, 0.1) is 12.7 Å². The highest BCUT2D eigenvalue weighted by Gasteiger charge is 2.31. The molecule has 3 unspecified atom stereocenters. The number of hydrogen-bond donors (Lipinski definition) is 2. The summed E-state index contributed by atoms with van der Waals surface area (Å²) >= 11 is 1.71. The van der Waals surface area contributed by atoms with Gasteiger partial charge in [-0.2, -0.15) is 0 Å². The second-order valence-electron chi connectivity index (χ2n) is 7.64. The fourth-order valence-electron chi connectivity index (χ4n) is 3.80. The third-order valence-electron chi connectivity index (χ3n) is 5.53. The molecule has 0 spiro atoms. The molecule has 5 heteroatoms. The standard InChI is InChI=1S/C24H25FO3S/c1-15-2-3-17(24-22(27)10-8-20(14-26)28-24)12-18(15)13-21-9-11-23(29-21)16-4-6-19(25)7-5-16/h2-7,9,11-12,20,22,24,26-27H,8,10,13-14H2,1H3. The molecule has 4 rings (SSSR count). The molecule has 2 aromatic carbocycles. The number of ether oxygens (including phenoxy) is 1. The van der Waals surface area contributed by atoms with Gasteiger partial charge in [-0.3, -0.25) is 0 Å². The number of aryl methyl sites for hydroxylation is 1. The van der Waals surface area contributed by atoms with Crippen LogP contribution in [-0.2, 0) is 11.2 Å². The second kappa shape index (κ2) is 8.76. The van der Waals surface area contributed by atoms with Gasteiger partial charge < -0.3 is 14.9 Å². The molecule has 1 aromatic heterocycles. The van der Waals surface area contributed by atoms with E-state index < -0.39 is 12.2 Å². The van der Waals surface area contributed by atoms with Gasteiger partial charge in [0, 0.05) is 16.2 Å². The van der Waals surface area contributed by atoms with Gasteiger partial charge in [0.15, 0.2) is 0 Å². The first kappa shape index (κ1) is 20.2. The molecule has 29 heavy (non-hydrogen) atoms. The van der Waals surface area contributed by atoms with E-state index in [1.165, 1.54) is 28.1 Å². The van der Waals surface area contributed by atoms with E-state index in [2.05, 4.69) is 31.2 Å². The van der Waals surface area contributed by atoms with Crippen LogP contribution in [0.1, 0.15) is 40.5 Å². The number of halogens is 1. The molecule has 2 heterocycles. The zero-order chi connectivity index (χ0) is 20.4. The third-order valence-corrected chi connectivity index (χ3v) is 6.67. The van der Waals surface area contributed by atoms with Gasteiger partial charge in [0.05, 0.1) is 18.8 Å². The molecule has 1 aliphatic heterocycles. The summed E-state index contributed by atoms with van der Waals surface area (Å²) in [6.07, 6.45) is 0.916. The largest absolute Gasteiger partial charge is 0.394 e. The van der Waals surface area contributed by atoms with Crippen LogP contribution in [0.4, 0.5) is 4.39 Å². The van der Waals surface area contributed by atoms with E-state index in [-0.39, 0.29) is 18.5 Å². The summed E-state index contributed by atoms with van der Waals surface area (Å²) in [4.78, 5) is 2.34. The Morgan fingerprint density at radius 2 is 1.86 bits per heavy atom. The predicted molar refractivity (Wildman–Crippen MR) is 114 cm³/mol. The van der Waals surface area contributed by atoms with Crippen LogP contribution in [0.5, 0.6) is 0 Å². The maximum absolute atomic E-state index is 13.2. The normalized spacial score (nSPS) is 22.0. The summed E-state index contributed by atoms with van der Waals surface area (Å²) in [5, 5.41) is 19.8. The summed E-state index contributed by atoms with van der Waals surface area (Å²) in [5.74, 6) is -0.228. The minimum Gasteiger partial charge on any atom is -0.394 e. The lowest BCUT2D eigenvalue weighted by molar-refractivity contribution is -0.132. The molecule has 1 saturated heterocycles. The van der Waals surface area contributed by atoms with Crippen molar-refractivity contribution in [2.45, 2.75) is 44.5 Å².